The second kappa shape index (κ2) is 10.4. The van der Waals surface area contributed by atoms with Gasteiger partial charge in [-0.05, 0) is 41.5 Å². The number of H-pyrrole nitrogens is 1. The Bertz CT molecular complexity index is 1610. The number of hydrogen-bond donors (Lipinski definition) is 1. The van der Waals surface area contributed by atoms with Crippen molar-refractivity contribution in [2.24, 2.45) is 0 Å². The summed E-state index contributed by atoms with van der Waals surface area (Å²) < 4.78 is 34.6. The van der Waals surface area contributed by atoms with Crippen LogP contribution in [0, 0.1) is 12.1 Å². The van der Waals surface area contributed by atoms with Gasteiger partial charge in [0, 0.05) is 79.4 Å². The quantitative estimate of drug-likeness (QED) is 0.288. The van der Waals surface area contributed by atoms with E-state index < -0.39 is 10.0 Å². The second-order valence-corrected chi connectivity index (χ2v) is 11.5. The maximum atomic E-state index is 13.6. The number of nitrogens with one attached hydrogen (secondary N) is 1. The summed E-state index contributed by atoms with van der Waals surface area (Å²) >= 11 is 6.15. The van der Waals surface area contributed by atoms with Crippen LogP contribution < -0.4 is 4.73 Å². The van der Waals surface area contributed by atoms with Crippen LogP contribution in [-0.2, 0) is 21.4 Å². The van der Waals surface area contributed by atoms with Crippen molar-refractivity contribution in [2.45, 2.75) is 18.6 Å². The molecule has 1 aliphatic heterocycles. The molecule has 0 atom stereocenters. The van der Waals surface area contributed by atoms with Crippen LogP contribution in [0.3, 0.4) is 0 Å². The number of nitrogens with zero attached hydrogens (tertiary/aromatic N) is 3. The van der Waals surface area contributed by atoms with E-state index in [0.717, 1.165) is 15.9 Å². The van der Waals surface area contributed by atoms with Crippen LogP contribution in [0.15, 0.2) is 65.8 Å². The highest BCUT2D eigenvalue weighted by molar-refractivity contribution is 7.89. The summed E-state index contributed by atoms with van der Waals surface area (Å²) in [7, 11) is -2.34. The maximum Gasteiger partial charge on any atom is 0.259 e. The fourth-order valence-corrected chi connectivity index (χ4v) is 6.53. The maximum absolute atomic E-state index is 13.6. The van der Waals surface area contributed by atoms with E-state index in [1.165, 1.54) is 17.6 Å². The average molecular weight is 555 g/mol. The number of piperazine rings is 1. The number of pyridine rings is 1. The van der Waals surface area contributed by atoms with E-state index in [2.05, 4.69) is 4.98 Å². The minimum Gasteiger partial charge on any atom is -0.619 e. The molecule has 1 amide bonds. The molecule has 11 heteroatoms. The number of carbonyl (C=O) groups is 1. The number of hydrogen-bond acceptors (Lipinski definition) is 5. The van der Waals surface area contributed by atoms with Gasteiger partial charge < -0.3 is 19.8 Å². The van der Waals surface area contributed by atoms with Crippen molar-refractivity contribution in [3.05, 3.63) is 87.8 Å². The minimum atomic E-state index is -3.85. The van der Waals surface area contributed by atoms with E-state index >= 15 is 0 Å². The summed E-state index contributed by atoms with van der Waals surface area (Å²) in [4.78, 5) is 17.8. The smallest absolute Gasteiger partial charge is 0.259 e. The van der Waals surface area contributed by atoms with Crippen LogP contribution in [-0.4, -0.2) is 61.8 Å². The van der Waals surface area contributed by atoms with E-state index in [0.29, 0.717) is 32.7 Å². The predicted molar refractivity (Wildman–Crippen MR) is 144 cm³/mol. The molecule has 3 heterocycles. The Labute approximate surface area is 225 Å². The zero-order valence-corrected chi connectivity index (χ0v) is 22.6. The minimum absolute atomic E-state index is 0.0885. The van der Waals surface area contributed by atoms with Gasteiger partial charge in [-0.3, -0.25) is 4.79 Å². The summed E-state index contributed by atoms with van der Waals surface area (Å²) in [5.41, 5.74) is 4.08. The van der Waals surface area contributed by atoms with Gasteiger partial charge in [-0.25, -0.2) is 8.42 Å². The number of ether oxygens (including phenoxy) is 1. The van der Waals surface area contributed by atoms with Crippen LogP contribution in [0.1, 0.15) is 21.6 Å². The largest absolute Gasteiger partial charge is 0.619 e. The number of aromatic nitrogens is 2. The van der Waals surface area contributed by atoms with Crippen molar-refractivity contribution < 1.29 is 22.7 Å². The van der Waals surface area contributed by atoms with Crippen molar-refractivity contribution in [3.63, 3.8) is 0 Å². The van der Waals surface area contributed by atoms with Gasteiger partial charge in [-0.2, -0.15) is 9.04 Å². The van der Waals surface area contributed by atoms with Gasteiger partial charge >= 0.3 is 0 Å². The predicted octanol–water partition coefficient (Wildman–Crippen LogP) is 3.72. The molecule has 1 aliphatic rings. The number of benzene rings is 2. The van der Waals surface area contributed by atoms with E-state index in [4.69, 9.17) is 16.3 Å². The molecule has 38 heavy (non-hydrogen) atoms. The molecule has 1 N–H and O–H groups in total. The van der Waals surface area contributed by atoms with Crippen molar-refractivity contribution >= 4 is 38.4 Å². The fourth-order valence-electron chi connectivity index (χ4n) is 4.73. The average Bonchev–Trinajstić information content (AvgIpc) is 3.28. The first-order valence-corrected chi connectivity index (χ1v) is 13.9. The number of methoxy groups -OCH3 is 1. The zero-order chi connectivity index (χ0) is 27.0. The van der Waals surface area contributed by atoms with Gasteiger partial charge in [-0.15, -0.1) is 0 Å². The topological polar surface area (TPSA) is 110 Å². The molecule has 0 unspecified atom stereocenters. The van der Waals surface area contributed by atoms with E-state index in [9.17, 15) is 18.4 Å². The van der Waals surface area contributed by atoms with Crippen molar-refractivity contribution in [3.8, 4) is 11.1 Å². The van der Waals surface area contributed by atoms with Gasteiger partial charge in [0.15, 0.2) is 16.9 Å². The third-order valence-corrected chi connectivity index (χ3v) is 8.95. The highest BCUT2D eigenvalue weighted by Crippen LogP contribution is 2.31. The highest BCUT2D eigenvalue weighted by Gasteiger charge is 2.33. The number of aryl methyl sites for hydroxylation is 1. The SMILES string of the molecule is COCc1c(S(=O)(=O)N2CCN(C(=O)c3ccc(-c4cc[n+]([O-])c(C)c4)cc3)CC2)[nH]c2ccc(Cl)cc12. The Morgan fingerprint density at radius 2 is 1.76 bits per heavy atom. The molecule has 198 valence electrons. The van der Waals surface area contributed by atoms with Crippen LogP contribution in [0.4, 0.5) is 0 Å². The highest BCUT2D eigenvalue weighted by atomic mass is 35.5. The lowest BCUT2D eigenvalue weighted by molar-refractivity contribution is -0.612. The number of rotatable bonds is 6. The standard InChI is InChI=1S/C27H27ClN4O5S/c1-18-15-21(9-10-32(18)34)19-3-5-20(6-4-19)27(33)30-11-13-31(14-12-30)38(35,36)26-24(17-37-2)23-16-22(28)7-8-25(23)29-26/h3-10,15-16,29H,11-14,17H2,1-2H3. The second-order valence-electron chi connectivity index (χ2n) is 9.21. The molecule has 0 spiro atoms. The van der Waals surface area contributed by atoms with Crippen LogP contribution in [0.5, 0.6) is 0 Å². The van der Waals surface area contributed by atoms with Crippen molar-refractivity contribution in [1.82, 2.24) is 14.2 Å². The molecular formula is C27H27ClN4O5S. The summed E-state index contributed by atoms with van der Waals surface area (Å²) in [6, 6.07) is 15.9. The Morgan fingerprint density at radius 3 is 2.42 bits per heavy atom. The number of carbonyl (C=O) groups excluding carboxylic acids is 1. The number of halogens is 1. The van der Waals surface area contributed by atoms with Gasteiger partial charge in [0.05, 0.1) is 6.61 Å². The first-order valence-electron chi connectivity index (χ1n) is 12.1. The lowest BCUT2D eigenvalue weighted by Gasteiger charge is -2.34. The molecule has 1 saturated heterocycles. The molecule has 1 fully saturated rings. The number of sulfonamides is 1. The van der Waals surface area contributed by atoms with E-state index in [-0.39, 0.29) is 43.7 Å². The Hall–Kier alpha value is -3.44. The lowest BCUT2D eigenvalue weighted by Crippen LogP contribution is -2.50. The molecule has 0 aliphatic carbocycles. The van der Waals surface area contributed by atoms with Gasteiger partial charge in [0.2, 0.25) is 0 Å². The molecule has 0 bridgehead atoms. The van der Waals surface area contributed by atoms with Crippen LogP contribution in [0.25, 0.3) is 22.0 Å². The third kappa shape index (κ3) is 4.88. The summed E-state index contributed by atoms with van der Waals surface area (Å²) in [6.45, 7) is 2.74. The summed E-state index contributed by atoms with van der Waals surface area (Å²) in [5, 5.41) is 12.9. The molecule has 0 saturated carbocycles. The van der Waals surface area contributed by atoms with Crippen LogP contribution >= 0.6 is 11.6 Å². The number of fused-ring (bicyclic) bond motifs is 1. The molecule has 0 radical (unpaired) electrons. The van der Waals surface area contributed by atoms with Crippen molar-refractivity contribution in [2.75, 3.05) is 33.3 Å². The van der Waals surface area contributed by atoms with E-state index in [1.807, 2.05) is 12.1 Å². The van der Waals surface area contributed by atoms with Gasteiger partial charge in [0.25, 0.3) is 15.9 Å². The van der Waals surface area contributed by atoms with Crippen LogP contribution in [0.2, 0.25) is 5.02 Å². The molecule has 4 aromatic rings. The summed E-state index contributed by atoms with van der Waals surface area (Å²) in [5.74, 6) is -0.157. The Kier molecular flexibility index (Phi) is 7.15. The molecule has 2 aromatic heterocycles. The Balaban J connectivity index is 1.30. The zero-order valence-electron chi connectivity index (χ0n) is 21.0. The molecular weight excluding hydrogens is 528 g/mol. The number of amides is 1. The van der Waals surface area contributed by atoms with E-state index in [1.54, 1.807) is 54.3 Å². The third-order valence-electron chi connectivity index (χ3n) is 6.81. The lowest BCUT2D eigenvalue weighted by atomic mass is 10.0. The summed E-state index contributed by atoms with van der Waals surface area (Å²) in [6.07, 6.45) is 1.46. The number of aromatic amines is 1. The fraction of sp³-hybridized carbons (Fsp3) is 0.259. The molecule has 5 rings (SSSR count). The van der Waals surface area contributed by atoms with Gasteiger partial charge in [-0.1, -0.05) is 23.7 Å². The monoisotopic (exact) mass is 554 g/mol. The molecule has 2 aromatic carbocycles. The Morgan fingerprint density at radius 1 is 1.05 bits per heavy atom. The molecule has 9 nitrogen and oxygen atoms in total. The van der Waals surface area contributed by atoms with Gasteiger partial charge in [0.1, 0.15) is 0 Å². The van der Waals surface area contributed by atoms with Crippen molar-refractivity contribution in [1.29, 1.82) is 0 Å². The first-order chi connectivity index (χ1) is 18.2. The first kappa shape index (κ1) is 26.2. The normalized spacial score (nSPS) is 14.8.